The molecule has 0 fully saturated rings. The summed E-state index contributed by atoms with van der Waals surface area (Å²) < 4.78 is 0. The Bertz CT molecular complexity index is 142. The Morgan fingerprint density at radius 2 is 0.429 bits per heavy atom. The van der Waals surface area contributed by atoms with Gasteiger partial charge in [0.15, 0.2) is 0 Å². The van der Waals surface area contributed by atoms with Crippen molar-refractivity contribution < 1.29 is 29.6 Å². The molecule has 0 atom stereocenters. The SMILES string of the molecule is [N-]=[N+]=[N-].[N-]=[N+]=[N-].[N-]=[N+]=[N-].[N-]=[N+]=[N-].[Na+].[PH6+3]. The minimum atomic E-state index is 0. The number of hydrogen-bond acceptors (Lipinski definition) is 0. The predicted octanol–water partition coefficient (Wildman–Crippen LogP) is -0.277. The van der Waals surface area contributed by atoms with E-state index in [2.05, 4.69) is 0 Å². The third kappa shape index (κ3) is 564. The molecule has 14 heteroatoms. The molecule has 0 N–H and O–H groups in total. The first-order chi connectivity index (χ1) is 5.66. The van der Waals surface area contributed by atoms with Crippen LogP contribution in [0.15, 0.2) is 0 Å². The van der Waals surface area contributed by atoms with Gasteiger partial charge in [0.25, 0.3) is 0 Å². The summed E-state index contributed by atoms with van der Waals surface area (Å²) in [5.41, 5.74) is 54.0. The van der Waals surface area contributed by atoms with Gasteiger partial charge in [-0.05, 0) is 0 Å². The summed E-state index contributed by atoms with van der Waals surface area (Å²) in [4.78, 5) is 6.00. The van der Waals surface area contributed by atoms with Gasteiger partial charge < -0.3 is 44.2 Å². The van der Waals surface area contributed by atoms with Crippen molar-refractivity contribution in [2.45, 2.75) is 0 Å². The molecule has 0 radical (unpaired) electrons. The number of nitrogens with zero attached hydrogens (tertiary/aromatic N) is 12. The van der Waals surface area contributed by atoms with Crippen molar-refractivity contribution in [3.63, 3.8) is 0 Å². The second kappa shape index (κ2) is 186. The van der Waals surface area contributed by atoms with Crippen molar-refractivity contribution >= 4 is 9.90 Å². The van der Waals surface area contributed by atoms with Gasteiger partial charge in [0.05, 0.1) is 0 Å². The van der Waals surface area contributed by atoms with Gasteiger partial charge in [0.2, 0.25) is 0 Å². The first-order valence-corrected chi connectivity index (χ1v) is 1.60. The number of hydrogen-bond donors (Lipinski definition) is 0. The molecule has 0 saturated heterocycles. The van der Waals surface area contributed by atoms with E-state index in [0.717, 1.165) is 0 Å². The Balaban J connectivity index is -0.0000000145. The molecule has 0 spiro atoms. The van der Waals surface area contributed by atoms with E-state index < -0.39 is 0 Å². The summed E-state index contributed by atoms with van der Waals surface area (Å²) in [6.07, 6.45) is 0. The molecule has 0 aliphatic heterocycles. The average Bonchev–Trinajstić information content (AvgIpc) is 1.92. The fourth-order valence-electron chi connectivity index (χ4n) is 0. The molecular weight excluding hydrogens is 222 g/mol. The van der Waals surface area contributed by atoms with E-state index in [-0.39, 0.29) is 39.5 Å². The topological polar surface area (TPSA) is 235 Å². The molecule has 0 saturated carbocycles. The fraction of sp³-hybridized carbons (Fsp3) is 0. The van der Waals surface area contributed by atoms with Crippen LogP contribution in [0.2, 0.25) is 0 Å². The maximum absolute atomic E-state index is 6.75. The van der Waals surface area contributed by atoms with Gasteiger partial charge >= 0.3 is 29.6 Å². The van der Waals surface area contributed by atoms with Crippen LogP contribution in [-0.4, -0.2) is 0 Å². The molecule has 0 aromatic heterocycles. The zero-order valence-corrected chi connectivity index (χ0v) is 8.37. The van der Waals surface area contributed by atoms with Gasteiger partial charge in [-0.25, -0.2) is 0 Å². The van der Waals surface area contributed by atoms with E-state index in [1.807, 2.05) is 0 Å². The number of rotatable bonds is 0. The molecule has 0 heterocycles. The Morgan fingerprint density at radius 1 is 0.429 bits per heavy atom. The van der Waals surface area contributed by atoms with Gasteiger partial charge in [0.1, 0.15) is 0 Å². The minimum Gasteiger partial charge on any atom is -0.373 e. The molecule has 0 aliphatic carbocycles. The van der Waals surface area contributed by atoms with Crippen LogP contribution in [0.5, 0.6) is 0 Å². The van der Waals surface area contributed by atoms with Gasteiger partial charge in [0, 0.05) is 0 Å². The zero-order chi connectivity index (χ0) is 10.8. The minimum absolute atomic E-state index is 0. The average molecular weight is 228 g/mol. The van der Waals surface area contributed by atoms with E-state index >= 15 is 0 Å². The molecule has 0 aliphatic rings. The zero-order valence-electron chi connectivity index (χ0n) is 6.37. The van der Waals surface area contributed by atoms with Crippen molar-refractivity contribution in [3.05, 3.63) is 63.9 Å². The molecule has 12 nitrogen and oxygen atoms in total. The molecule has 72 valence electrons. The van der Waals surface area contributed by atoms with Crippen molar-refractivity contribution in [3.8, 4) is 0 Å². The fourth-order valence-corrected chi connectivity index (χ4v) is 0. The molecule has 14 heavy (non-hydrogen) atoms. The summed E-state index contributed by atoms with van der Waals surface area (Å²) in [6, 6.07) is 0. The van der Waals surface area contributed by atoms with Crippen molar-refractivity contribution in [2.75, 3.05) is 0 Å². The maximum atomic E-state index is 6.75. The normalized spacial score (nSPS) is 2.29. The first-order valence-electron chi connectivity index (χ1n) is 1.60. The van der Waals surface area contributed by atoms with Gasteiger partial charge in [-0.3, -0.25) is 29.5 Å². The van der Waals surface area contributed by atoms with Crippen LogP contribution in [0.1, 0.15) is 0 Å². The van der Waals surface area contributed by atoms with E-state index in [1.165, 1.54) is 19.6 Å². The summed E-state index contributed by atoms with van der Waals surface area (Å²) >= 11 is 0. The summed E-state index contributed by atoms with van der Waals surface area (Å²) in [6.45, 7) is 0. The molecule has 0 bridgehead atoms. The van der Waals surface area contributed by atoms with Gasteiger partial charge in [-0.2, -0.15) is 0 Å². The predicted molar refractivity (Wildman–Crippen MR) is 55.6 cm³/mol. The second-order valence-electron chi connectivity index (χ2n) is 0.358. The molecule has 0 aromatic rings. The van der Waals surface area contributed by atoms with Crippen LogP contribution in [-0.2, 0) is 0 Å². The van der Waals surface area contributed by atoms with Gasteiger partial charge in [-0.15, -0.1) is 0 Å². The molecule has 0 aromatic carbocycles. The van der Waals surface area contributed by atoms with Crippen LogP contribution in [0.25, 0.3) is 63.9 Å². The van der Waals surface area contributed by atoms with Crippen LogP contribution in [0.3, 0.4) is 0 Å². The van der Waals surface area contributed by atoms with Crippen molar-refractivity contribution in [1.82, 2.24) is 0 Å². The summed E-state index contributed by atoms with van der Waals surface area (Å²) in [5.74, 6) is 0. The van der Waals surface area contributed by atoms with Crippen molar-refractivity contribution in [2.24, 2.45) is 0 Å². The Labute approximate surface area is 103 Å². The van der Waals surface area contributed by atoms with Crippen LogP contribution in [0.4, 0.5) is 0 Å². The van der Waals surface area contributed by atoms with Crippen LogP contribution in [0, 0.1) is 0 Å². The van der Waals surface area contributed by atoms with E-state index in [1.54, 1.807) is 0 Å². The van der Waals surface area contributed by atoms with E-state index in [9.17, 15) is 0 Å². The quantitative estimate of drug-likeness (QED) is 0.171. The Morgan fingerprint density at radius 3 is 0.429 bits per heavy atom. The smallest absolute Gasteiger partial charge is 0.373 e. The van der Waals surface area contributed by atoms with E-state index in [0.29, 0.717) is 0 Å². The van der Waals surface area contributed by atoms with Crippen LogP contribution >= 0.6 is 9.90 Å². The molecule has 0 rings (SSSR count). The third-order valence-electron chi connectivity index (χ3n) is 0. The van der Waals surface area contributed by atoms with E-state index in [4.69, 9.17) is 44.2 Å². The monoisotopic (exact) mass is 228 g/mol. The van der Waals surface area contributed by atoms with Gasteiger partial charge in [-0.1, -0.05) is 0 Å². The Kier molecular flexibility index (Phi) is 516. The third-order valence-corrected chi connectivity index (χ3v) is 0. The standard InChI is InChI=1S/4N3.Na.H6P/c4*1-3-2;;/h;;;;;1H6/q4*-1;+1;+3. The van der Waals surface area contributed by atoms with Crippen molar-refractivity contribution in [1.29, 1.82) is 0 Å². The summed E-state index contributed by atoms with van der Waals surface area (Å²) in [5, 5.41) is 0. The molecular formula is H6N12NaP. The molecule has 0 unspecified atom stereocenters. The largest absolute Gasteiger partial charge is 1.00 e. The summed E-state index contributed by atoms with van der Waals surface area (Å²) in [7, 11) is 0. The second-order valence-corrected chi connectivity index (χ2v) is 0.358. The Hall–Kier alpha value is -1.33. The molecule has 0 amide bonds. The maximum Gasteiger partial charge on any atom is 1.00 e. The first kappa shape index (κ1) is 38.8. The van der Waals surface area contributed by atoms with Crippen LogP contribution < -0.4 is 29.6 Å².